The highest BCUT2D eigenvalue weighted by Gasteiger charge is 2.55. The van der Waals surface area contributed by atoms with E-state index in [4.69, 9.17) is 21.1 Å². The van der Waals surface area contributed by atoms with Crippen molar-refractivity contribution >= 4 is 50.3 Å². The van der Waals surface area contributed by atoms with Crippen molar-refractivity contribution < 1.29 is 18.7 Å². The van der Waals surface area contributed by atoms with Crippen LogP contribution in [0.5, 0.6) is 0 Å². The monoisotopic (exact) mass is 514 g/mol. The molecule has 7 nitrogen and oxygen atoms in total. The maximum Gasteiger partial charge on any atom is 0.411 e. The van der Waals surface area contributed by atoms with Crippen molar-refractivity contribution in [2.45, 2.75) is 50.8 Å². The number of carbonyl (C=O) groups is 1. The van der Waals surface area contributed by atoms with Crippen molar-refractivity contribution in [2.75, 3.05) is 31.7 Å². The molecule has 2 fully saturated rings. The van der Waals surface area contributed by atoms with Gasteiger partial charge in [-0.3, -0.25) is 4.90 Å². The molecule has 0 N–H and O–H groups in total. The van der Waals surface area contributed by atoms with Crippen LogP contribution < -0.4 is 4.90 Å². The zero-order valence-corrected chi connectivity index (χ0v) is 20.3. The van der Waals surface area contributed by atoms with E-state index in [9.17, 15) is 9.18 Å². The highest BCUT2D eigenvalue weighted by atomic mass is 79.9. The van der Waals surface area contributed by atoms with E-state index in [1.54, 1.807) is 19.2 Å². The number of fused-ring (bicyclic) bond motifs is 3. The predicted molar refractivity (Wildman–Crippen MR) is 120 cm³/mol. The van der Waals surface area contributed by atoms with Crippen LogP contribution in [-0.4, -0.2) is 64.9 Å². The first kappa shape index (κ1) is 22.5. The molecule has 0 unspecified atom stereocenters. The fourth-order valence-corrected chi connectivity index (χ4v) is 5.17. The molecule has 2 bridgehead atoms. The fourth-order valence-electron chi connectivity index (χ4n) is 4.68. The average molecular weight is 516 g/mol. The third-order valence-corrected chi connectivity index (χ3v) is 6.53. The minimum absolute atomic E-state index is 0.0257. The molecule has 2 aliphatic rings. The molecule has 2 aromatic rings. The summed E-state index contributed by atoms with van der Waals surface area (Å²) in [6.45, 7) is 6.92. The number of rotatable bonds is 3. The molecule has 2 saturated heterocycles. The van der Waals surface area contributed by atoms with Gasteiger partial charge in [-0.05, 0) is 73.3 Å². The molecule has 1 amide bonds. The number of ether oxygens (including phenoxy) is 2. The van der Waals surface area contributed by atoms with Crippen LogP contribution in [0.3, 0.4) is 0 Å². The van der Waals surface area contributed by atoms with Gasteiger partial charge < -0.3 is 14.4 Å². The van der Waals surface area contributed by atoms with Gasteiger partial charge in [0.1, 0.15) is 16.9 Å². The van der Waals surface area contributed by atoms with E-state index in [0.29, 0.717) is 35.4 Å². The molecule has 0 aliphatic carbocycles. The Hall–Kier alpha value is -1.71. The Morgan fingerprint density at radius 3 is 2.81 bits per heavy atom. The lowest BCUT2D eigenvalue weighted by Crippen LogP contribution is -2.66. The summed E-state index contributed by atoms with van der Waals surface area (Å²) in [5.41, 5.74) is -1.01. The van der Waals surface area contributed by atoms with Crippen LogP contribution in [0.25, 0.3) is 10.9 Å². The van der Waals surface area contributed by atoms with E-state index < -0.39 is 17.0 Å². The van der Waals surface area contributed by atoms with Crippen molar-refractivity contribution in [2.24, 2.45) is 0 Å². The lowest BCUT2D eigenvalue weighted by Gasteiger charge is -2.49. The minimum atomic E-state index is -0.594. The molecule has 2 aliphatic heterocycles. The number of nitrogens with zero attached hydrogens (tertiary/aromatic N) is 4. The number of carbonyl (C=O) groups excluding carboxylic acids is 1. The summed E-state index contributed by atoms with van der Waals surface area (Å²) in [4.78, 5) is 25.5. The van der Waals surface area contributed by atoms with Gasteiger partial charge in [-0.15, -0.1) is 0 Å². The normalized spacial score (nSPS) is 23.5. The molecule has 10 heteroatoms. The topological polar surface area (TPSA) is 67.8 Å². The summed E-state index contributed by atoms with van der Waals surface area (Å²) in [6, 6.07) is 3.33. The standard InChI is InChI=1S/C21H25BrClFN4O3/c1-20(2,3)31-19(29)28-12-7-8-21(28,11-30-4)10-27(9-12)17-13-5-6-14(22)15(24)16(13)25-18(23)26-17/h5-6,12H,7-11H2,1-4H3/t12-,21+/m0/s1. The highest BCUT2D eigenvalue weighted by Crippen LogP contribution is 2.43. The summed E-state index contributed by atoms with van der Waals surface area (Å²) in [5.74, 6) is 0.0719. The van der Waals surface area contributed by atoms with Crippen molar-refractivity contribution in [3.8, 4) is 0 Å². The largest absolute Gasteiger partial charge is 0.444 e. The van der Waals surface area contributed by atoms with Crippen LogP contribution in [0.2, 0.25) is 5.28 Å². The van der Waals surface area contributed by atoms with Crippen molar-refractivity contribution in [3.05, 3.63) is 27.7 Å². The molecule has 0 radical (unpaired) electrons. The molecule has 3 heterocycles. The zero-order chi connectivity index (χ0) is 22.6. The zero-order valence-electron chi connectivity index (χ0n) is 17.9. The van der Waals surface area contributed by atoms with Crippen LogP contribution >= 0.6 is 27.5 Å². The lowest BCUT2D eigenvalue weighted by molar-refractivity contribution is -0.0261. The molecule has 1 aromatic heterocycles. The second kappa shape index (κ2) is 8.01. The Kier molecular flexibility index (Phi) is 5.81. The Bertz CT molecular complexity index is 1030. The minimum Gasteiger partial charge on any atom is -0.444 e. The molecule has 0 spiro atoms. The molecular formula is C21H25BrClFN4O3. The van der Waals surface area contributed by atoms with Crippen molar-refractivity contribution in [3.63, 3.8) is 0 Å². The van der Waals surface area contributed by atoms with E-state index >= 15 is 0 Å². The number of anilines is 1. The molecule has 168 valence electrons. The Balaban J connectivity index is 1.75. The van der Waals surface area contributed by atoms with Gasteiger partial charge in [-0.1, -0.05) is 0 Å². The van der Waals surface area contributed by atoms with Crippen LogP contribution in [0, 0.1) is 5.82 Å². The fraction of sp³-hybridized carbons (Fsp3) is 0.571. The Morgan fingerprint density at radius 2 is 2.13 bits per heavy atom. The van der Waals surface area contributed by atoms with Crippen molar-refractivity contribution in [1.29, 1.82) is 0 Å². The number of hydrogen-bond donors (Lipinski definition) is 0. The second-order valence-electron chi connectivity index (χ2n) is 9.15. The molecular weight excluding hydrogens is 491 g/mol. The third-order valence-electron chi connectivity index (χ3n) is 5.75. The summed E-state index contributed by atoms with van der Waals surface area (Å²) >= 11 is 9.36. The van der Waals surface area contributed by atoms with Crippen LogP contribution in [0.1, 0.15) is 33.6 Å². The van der Waals surface area contributed by atoms with E-state index in [0.717, 1.165) is 12.8 Å². The van der Waals surface area contributed by atoms with E-state index in [2.05, 4.69) is 30.8 Å². The molecule has 4 rings (SSSR count). The lowest BCUT2D eigenvalue weighted by atomic mass is 9.96. The summed E-state index contributed by atoms with van der Waals surface area (Å²) in [6.07, 6.45) is 1.25. The first-order chi connectivity index (χ1) is 14.5. The number of piperazine rings is 1. The number of hydrogen-bond acceptors (Lipinski definition) is 6. The quantitative estimate of drug-likeness (QED) is 0.548. The Morgan fingerprint density at radius 1 is 1.39 bits per heavy atom. The summed E-state index contributed by atoms with van der Waals surface area (Å²) < 4.78 is 26.3. The number of methoxy groups -OCH3 is 1. The molecule has 31 heavy (non-hydrogen) atoms. The van der Waals surface area contributed by atoms with Crippen molar-refractivity contribution in [1.82, 2.24) is 14.9 Å². The number of benzene rings is 1. The molecule has 2 atom stereocenters. The third kappa shape index (κ3) is 4.07. The number of amides is 1. The second-order valence-corrected chi connectivity index (χ2v) is 10.3. The highest BCUT2D eigenvalue weighted by molar-refractivity contribution is 9.10. The molecule has 0 saturated carbocycles. The Labute approximate surface area is 194 Å². The van der Waals surface area contributed by atoms with Crippen LogP contribution in [0.4, 0.5) is 15.0 Å². The van der Waals surface area contributed by atoms with Gasteiger partial charge in [-0.25, -0.2) is 14.2 Å². The van der Waals surface area contributed by atoms with E-state index in [1.807, 2.05) is 25.7 Å². The van der Waals surface area contributed by atoms with Gasteiger partial charge in [0.05, 0.1) is 22.7 Å². The van der Waals surface area contributed by atoms with Gasteiger partial charge >= 0.3 is 6.09 Å². The number of aromatic nitrogens is 2. The SMILES string of the molecule is COC[C@@]12CC[C@@H](CN(c3nc(Cl)nc4c(F)c(Br)ccc34)C1)N2C(=O)OC(C)(C)C. The molecule has 1 aromatic carbocycles. The maximum absolute atomic E-state index is 14.7. The van der Waals surface area contributed by atoms with Gasteiger partial charge in [0.2, 0.25) is 5.28 Å². The van der Waals surface area contributed by atoms with E-state index in [-0.39, 0.29) is 22.9 Å². The summed E-state index contributed by atoms with van der Waals surface area (Å²) in [7, 11) is 1.62. The smallest absolute Gasteiger partial charge is 0.411 e. The first-order valence-corrected chi connectivity index (χ1v) is 11.3. The maximum atomic E-state index is 14.7. The van der Waals surface area contributed by atoms with Gasteiger partial charge in [0.25, 0.3) is 0 Å². The van der Waals surface area contributed by atoms with E-state index in [1.165, 1.54) is 0 Å². The number of halogens is 3. The average Bonchev–Trinajstić information content (AvgIpc) is 2.90. The predicted octanol–water partition coefficient (Wildman–Crippen LogP) is 4.79. The van der Waals surface area contributed by atoms with Gasteiger partial charge in [-0.2, -0.15) is 4.98 Å². The van der Waals surface area contributed by atoms with Crippen LogP contribution in [0.15, 0.2) is 16.6 Å². The van der Waals surface area contributed by atoms with Gasteiger partial charge in [0.15, 0.2) is 5.82 Å². The summed E-state index contributed by atoms with van der Waals surface area (Å²) in [5, 5.41) is 0.546. The van der Waals surface area contributed by atoms with Gasteiger partial charge in [0, 0.05) is 25.6 Å². The van der Waals surface area contributed by atoms with Crippen LogP contribution in [-0.2, 0) is 9.47 Å². The first-order valence-electron chi connectivity index (χ1n) is 10.1.